The Morgan fingerprint density at radius 3 is 2.43 bits per heavy atom. The van der Waals surface area contributed by atoms with Crippen molar-refractivity contribution in [2.45, 2.75) is 0 Å². The Morgan fingerprint density at radius 2 is 1.81 bits per heavy atom. The number of halogens is 3. The summed E-state index contributed by atoms with van der Waals surface area (Å²) in [5.41, 5.74) is 1.69. The topological polar surface area (TPSA) is 67.2 Å². The predicted octanol–water partition coefficient (Wildman–Crippen LogP) is 5.45. The van der Waals surface area contributed by atoms with Gasteiger partial charge < -0.3 is 10.6 Å². The summed E-state index contributed by atoms with van der Waals surface area (Å²) in [6.45, 7) is 0. The van der Waals surface area contributed by atoms with Crippen LogP contribution in [0.2, 0.25) is 10.0 Å². The summed E-state index contributed by atoms with van der Waals surface area (Å²) in [6, 6.07) is 8.08. The number of rotatable bonds is 4. The number of benzene rings is 2. The van der Waals surface area contributed by atoms with Crippen LogP contribution in [0, 0.1) is 10.1 Å². The lowest BCUT2D eigenvalue weighted by Gasteiger charge is -2.11. The van der Waals surface area contributed by atoms with Crippen LogP contribution >= 0.6 is 39.1 Å². The van der Waals surface area contributed by atoms with Gasteiger partial charge in [0.05, 0.1) is 20.7 Å². The molecule has 0 radical (unpaired) electrons. The fourth-order valence-electron chi connectivity index (χ4n) is 1.71. The second-order valence-corrected chi connectivity index (χ2v) is 5.73. The predicted molar refractivity (Wildman–Crippen MR) is 90.1 cm³/mol. The quantitative estimate of drug-likeness (QED) is 0.413. The summed E-state index contributed by atoms with van der Waals surface area (Å²) in [6.07, 6.45) is 0. The maximum atomic E-state index is 10.9. The third-order valence-electron chi connectivity index (χ3n) is 2.73. The van der Waals surface area contributed by atoms with Crippen LogP contribution in [0.25, 0.3) is 0 Å². The number of nitro benzene ring substituents is 1. The molecular weight excluding hydrogens is 381 g/mol. The standard InChI is InChI=1S/C13H10BrCl2N3O2/c1-17-7-4-8(6-9(5-7)19(20)21)18-11-3-2-10(14)12(15)13(11)16/h2-6,17-18H,1H3. The Kier molecular flexibility index (Phi) is 4.92. The van der Waals surface area contributed by atoms with Gasteiger partial charge in [0.15, 0.2) is 0 Å². The molecule has 8 heteroatoms. The largest absolute Gasteiger partial charge is 0.388 e. The van der Waals surface area contributed by atoms with E-state index in [2.05, 4.69) is 26.6 Å². The van der Waals surface area contributed by atoms with Gasteiger partial charge >= 0.3 is 0 Å². The van der Waals surface area contributed by atoms with Crippen LogP contribution < -0.4 is 10.6 Å². The van der Waals surface area contributed by atoms with E-state index in [0.717, 1.165) is 0 Å². The summed E-state index contributed by atoms with van der Waals surface area (Å²) in [5.74, 6) is 0. The first-order valence-corrected chi connectivity index (χ1v) is 7.35. The Bertz CT molecular complexity index is 710. The van der Waals surface area contributed by atoms with E-state index in [0.29, 0.717) is 31.6 Å². The van der Waals surface area contributed by atoms with Gasteiger partial charge in [-0.1, -0.05) is 23.2 Å². The highest BCUT2D eigenvalue weighted by Crippen LogP contribution is 2.37. The first kappa shape index (κ1) is 15.9. The van der Waals surface area contributed by atoms with Gasteiger partial charge in [0.2, 0.25) is 0 Å². The monoisotopic (exact) mass is 389 g/mol. The van der Waals surface area contributed by atoms with Crippen LogP contribution in [0.5, 0.6) is 0 Å². The highest BCUT2D eigenvalue weighted by molar-refractivity contribution is 9.10. The van der Waals surface area contributed by atoms with Crippen LogP contribution in [0.3, 0.4) is 0 Å². The van der Waals surface area contributed by atoms with E-state index in [-0.39, 0.29) is 5.69 Å². The van der Waals surface area contributed by atoms with Crippen LogP contribution in [0.15, 0.2) is 34.8 Å². The molecule has 0 spiro atoms. The fraction of sp³-hybridized carbons (Fsp3) is 0.0769. The molecule has 0 amide bonds. The van der Waals surface area contributed by atoms with Crippen molar-refractivity contribution in [2.24, 2.45) is 0 Å². The van der Waals surface area contributed by atoms with Crippen LogP contribution in [-0.4, -0.2) is 12.0 Å². The molecule has 0 aromatic heterocycles. The van der Waals surface area contributed by atoms with E-state index >= 15 is 0 Å². The average Bonchev–Trinajstić information content (AvgIpc) is 2.47. The molecule has 0 aliphatic rings. The number of non-ortho nitro benzene ring substituents is 1. The molecule has 0 unspecified atom stereocenters. The van der Waals surface area contributed by atoms with Gasteiger partial charge in [-0.15, -0.1) is 0 Å². The second kappa shape index (κ2) is 6.51. The molecule has 2 aromatic carbocycles. The van der Waals surface area contributed by atoms with E-state index in [1.165, 1.54) is 12.1 Å². The highest BCUT2D eigenvalue weighted by atomic mass is 79.9. The van der Waals surface area contributed by atoms with Crippen molar-refractivity contribution in [3.63, 3.8) is 0 Å². The van der Waals surface area contributed by atoms with E-state index in [1.807, 2.05) is 0 Å². The fourth-order valence-corrected chi connectivity index (χ4v) is 2.53. The zero-order valence-corrected chi connectivity index (χ0v) is 13.9. The van der Waals surface area contributed by atoms with Crippen LogP contribution in [-0.2, 0) is 0 Å². The Hall–Kier alpha value is -1.50. The van der Waals surface area contributed by atoms with Crippen molar-refractivity contribution >= 4 is 61.9 Å². The SMILES string of the molecule is CNc1cc(Nc2ccc(Br)c(Cl)c2Cl)cc([N+](=O)[O-])c1. The first-order chi connectivity index (χ1) is 9.92. The molecular formula is C13H10BrCl2N3O2. The lowest BCUT2D eigenvalue weighted by molar-refractivity contribution is -0.384. The molecule has 2 aromatic rings. The van der Waals surface area contributed by atoms with Crippen molar-refractivity contribution < 1.29 is 4.92 Å². The third kappa shape index (κ3) is 3.58. The number of anilines is 3. The number of nitrogens with one attached hydrogen (secondary N) is 2. The van der Waals surface area contributed by atoms with Gasteiger partial charge in [-0.2, -0.15) is 0 Å². The first-order valence-electron chi connectivity index (χ1n) is 5.80. The minimum atomic E-state index is -0.456. The maximum absolute atomic E-state index is 10.9. The summed E-state index contributed by atoms with van der Waals surface area (Å²) in [5, 5.41) is 17.5. The van der Waals surface area contributed by atoms with Crippen molar-refractivity contribution in [3.8, 4) is 0 Å². The van der Waals surface area contributed by atoms with Gasteiger partial charge in [-0.25, -0.2) is 0 Å². The van der Waals surface area contributed by atoms with Crippen molar-refractivity contribution in [3.05, 3.63) is 55.0 Å². The molecule has 0 aliphatic heterocycles. The lowest BCUT2D eigenvalue weighted by atomic mass is 10.2. The lowest BCUT2D eigenvalue weighted by Crippen LogP contribution is -1.97. The Labute approximate surface area is 139 Å². The van der Waals surface area contributed by atoms with Gasteiger partial charge in [0.25, 0.3) is 5.69 Å². The number of nitro groups is 1. The molecule has 0 fully saturated rings. The average molecular weight is 391 g/mol. The number of hydrogen-bond donors (Lipinski definition) is 2. The van der Waals surface area contributed by atoms with E-state index in [1.54, 1.807) is 25.2 Å². The van der Waals surface area contributed by atoms with Crippen LogP contribution in [0.1, 0.15) is 0 Å². The molecule has 0 bridgehead atoms. The normalized spacial score (nSPS) is 10.3. The highest BCUT2D eigenvalue weighted by Gasteiger charge is 2.12. The molecule has 0 aliphatic carbocycles. The molecule has 21 heavy (non-hydrogen) atoms. The smallest absolute Gasteiger partial charge is 0.273 e. The summed E-state index contributed by atoms with van der Waals surface area (Å²) < 4.78 is 0.676. The van der Waals surface area contributed by atoms with Crippen molar-refractivity contribution in [1.29, 1.82) is 0 Å². The molecule has 2 rings (SSSR count). The van der Waals surface area contributed by atoms with Crippen molar-refractivity contribution in [1.82, 2.24) is 0 Å². The van der Waals surface area contributed by atoms with Crippen LogP contribution in [0.4, 0.5) is 22.7 Å². The molecule has 2 N–H and O–H groups in total. The zero-order chi connectivity index (χ0) is 15.6. The molecule has 0 atom stereocenters. The zero-order valence-electron chi connectivity index (χ0n) is 10.8. The third-order valence-corrected chi connectivity index (χ3v) is 4.50. The van der Waals surface area contributed by atoms with Gasteiger partial charge in [-0.05, 0) is 34.1 Å². The molecule has 0 saturated carbocycles. The van der Waals surface area contributed by atoms with Crippen molar-refractivity contribution in [2.75, 3.05) is 17.7 Å². The second-order valence-electron chi connectivity index (χ2n) is 4.12. The molecule has 0 heterocycles. The summed E-state index contributed by atoms with van der Waals surface area (Å²) in [4.78, 5) is 10.5. The van der Waals surface area contributed by atoms with E-state index in [4.69, 9.17) is 23.2 Å². The Morgan fingerprint density at radius 1 is 1.14 bits per heavy atom. The maximum Gasteiger partial charge on any atom is 0.273 e. The number of nitrogens with zero attached hydrogens (tertiary/aromatic N) is 1. The number of hydrogen-bond acceptors (Lipinski definition) is 4. The Balaban J connectivity index is 2.42. The minimum absolute atomic E-state index is 0.0244. The summed E-state index contributed by atoms with van der Waals surface area (Å²) >= 11 is 15.5. The van der Waals surface area contributed by atoms with Gasteiger partial charge in [0, 0.05) is 35.0 Å². The van der Waals surface area contributed by atoms with E-state index in [9.17, 15) is 10.1 Å². The molecule has 0 saturated heterocycles. The van der Waals surface area contributed by atoms with Gasteiger partial charge in [-0.3, -0.25) is 10.1 Å². The summed E-state index contributed by atoms with van der Waals surface area (Å²) in [7, 11) is 1.69. The van der Waals surface area contributed by atoms with E-state index < -0.39 is 4.92 Å². The van der Waals surface area contributed by atoms with Gasteiger partial charge in [0.1, 0.15) is 0 Å². The molecule has 110 valence electrons. The molecule has 5 nitrogen and oxygen atoms in total. The minimum Gasteiger partial charge on any atom is -0.388 e.